The fraction of sp³-hybridized carbons (Fsp3) is 0.867. The van der Waals surface area contributed by atoms with Crippen LogP contribution in [0.25, 0.3) is 0 Å². The predicted molar refractivity (Wildman–Crippen MR) is 84.0 cm³/mol. The van der Waals surface area contributed by atoms with Gasteiger partial charge in [-0.25, -0.2) is 0 Å². The van der Waals surface area contributed by atoms with Crippen LogP contribution in [0, 0.1) is 17.3 Å². The number of Topliss-reactive ketones (excluding diaryl/α,β-unsaturated/α-hetero) is 1. The molecular weight excluding hydrogens is 326 g/mol. The maximum Gasteiger partial charge on any atom is 0.228 e. The van der Waals surface area contributed by atoms with Crippen LogP contribution in [0.15, 0.2) is 0 Å². The second-order valence-electron chi connectivity index (χ2n) is 7.03. The van der Waals surface area contributed by atoms with Crippen molar-refractivity contribution in [2.45, 2.75) is 49.5 Å². The van der Waals surface area contributed by atoms with E-state index in [-0.39, 0.29) is 24.0 Å². The minimum Gasteiger partial charge on any atom is -0.391 e. The molecule has 0 spiro atoms. The molecule has 0 aromatic rings. The Balaban J connectivity index is 2.23. The van der Waals surface area contributed by atoms with E-state index in [2.05, 4.69) is 5.32 Å². The third kappa shape index (κ3) is 1.42. The first kappa shape index (κ1) is 16.6. The fourth-order valence-electron chi connectivity index (χ4n) is 5.25. The first-order chi connectivity index (χ1) is 10.3. The van der Waals surface area contributed by atoms with Crippen LogP contribution in [0.2, 0.25) is 0 Å². The van der Waals surface area contributed by atoms with Crippen LogP contribution in [0.1, 0.15) is 33.1 Å². The van der Waals surface area contributed by atoms with Crippen molar-refractivity contribution in [3.8, 4) is 0 Å². The minimum absolute atomic E-state index is 0.231. The lowest BCUT2D eigenvalue weighted by Crippen LogP contribution is -2.62. The standard InChI is InChI=1S/C15H22ClNO4S/c1-8(2)10(19)15-9(18)4-5-14(17-3)11(15)13(14,6-7-16)12(20)22(15)21/h8,10-11,17,19H,4-7H2,1-3H3/t10-,11+,13?,14?,15+,22?/m0/s1. The number of hydrogen-bond acceptors (Lipinski definition) is 5. The van der Waals surface area contributed by atoms with E-state index in [1.54, 1.807) is 20.9 Å². The summed E-state index contributed by atoms with van der Waals surface area (Å²) in [5.74, 6) is -0.625. The SMILES string of the molecule is CNC12CCC(=O)[C@@]3([C@@H](O)C(C)C)[C@@H]1C2(CCCl)C(=O)S3=O. The third-order valence-corrected chi connectivity index (χ3v) is 8.36. The van der Waals surface area contributed by atoms with Gasteiger partial charge < -0.3 is 10.4 Å². The number of hydrogen-bond donors (Lipinski definition) is 2. The Morgan fingerprint density at radius 1 is 1.45 bits per heavy atom. The largest absolute Gasteiger partial charge is 0.391 e. The van der Waals surface area contributed by atoms with Crippen molar-refractivity contribution < 1.29 is 18.9 Å². The molecule has 0 aromatic carbocycles. The quantitative estimate of drug-likeness (QED) is 0.711. The van der Waals surface area contributed by atoms with Gasteiger partial charge in [-0.1, -0.05) is 13.8 Å². The van der Waals surface area contributed by atoms with Crippen LogP contribution in [0.4, 0.5) is 0 Å². The van der Waals surface area contributed by atoms with Crippen LogP contribution in [-0.4, -0.2) is 49.5 Å². The van der Waals surface area contributed by atoms with Crippen molar-refractivity contribution in [3.63, 3.8) is 0 Å². The second-order valence-corrected chi connectivity index (χ2v) is 8.99. The highest BCUT2D eigenvalue weighted by atomic mass is 35.5. The van der Waals surface area contributed by atoms with Gasteiger partial charge in [-0.15, -0.1) is 11.6 Å². The third-order valence-electron chi connectivity index (χ3n) is 6.15. The molecule has 0 bridgehead atoms. The molecule has 0 radical (unpaired) electrons. The summed E-state index contributed by atoms with van der Waals surface area (Å²) in [7, 11) is -0.229. The molecule has 3 rings (SSSR count). The molecule has 3 unspecified atom stereocenters. The summed E-state index contributed by atoms with van der Waals surface area (Å²) in [6.45, 7) is 3.57. The number of aliphatic hydroxyl groups excluding tert-OH is 1. The molecule has 2 saturated carbocycles. The second kappa shape index (κ2) is 4.85. The zero-order chi connectivity index (χ0) is 16.5. The van der Waals surface area contributed by atoms with E-state index >= 15 is 0 Å². The number of fused-ring (bicyclic) bond motifs is 1. The summed E-state index contributed by atoms with van der Waals surface area (Å²) in [5, 5.41) is 13.6. The highest BCUT2D eigenvalue weighted by Gasteiger charge is 2.94. The van der Waals surface area contributed by atoms with E-state index in [9.17, 15) is 18.9 Å². The normalized spacial score (nSPS) is 47.7. The molecule has 1 aliphatic heterocycles. The highest BCUT2D eigenvalue weighted by Crippen LogP contribution is 2.79. The van der Waals surface area contributed by atoms with Crippen molar-refractivity contribution in [1.29, 1.82) is 0 Å². The molecule has 1 heterocycles. The number of alkyl halides is 1. The van der Waals surface area contributed by atoms with Crippen LogP contribution in [0.3, 0.4) is 0 Å². The van der Waals surface area contributed by atoms with Crippen molar-refractivity contribution in [2.75, 3.05) is 12.9 Å². The molecule has 2 aliphatic carbocycles. The molecule has 3 fully saturated rings. The fourth-order valence-corrected chi connectivity index (χ4v) is 8.00. The molecule has 3 aliphatic rings. The summed E-state index contributed by atoms with van der Waals surface area (Å²) >= 11 is 5.92. The molecular formula is C15H22ClNO4S. The van der Waals surface area contributed by atoms with Gasteiger partial charge in [0.2, 0.25) is 5.12 Å². The maximum atomic E-state index is 12.9. The summed E-state index contributed by atoms with van der Waals surface area (Å²) in [6.07, 6.45) is 0.0936. The Morgan fingerprint density at radius 2 is 2.09 bits per heavy atom. The number of ketones is 1. The number of carbonyl (C=O) groups excluding carboxylic acids is 2. The number of rotatable bonds is 5. The van der Waals surface area contributed by atoms with Gasteiger partial charge in [-0.05, 0) is 25.8 Å². The monoisotopic (exact) mass is 347 g/mol. The first-order valence-corrected chi connectivity index (χ1v) is 9.40. The first-order valence-electron chi connectivity index (χ1n) is 7.71. The van der Waals surface area contributed by atoms with Gasteiger partial charge in [0.15, 0.2) is 5.78 Å². The van der Waals surface area contributed by atoms with Gasteiger partial charge in [0, 0.05) is 23.8 Å². The van der Waals surface area contributed by atoms with Crippen molar-refractivity contribution in [2.24, 2.45) is 17.3 Å². The average molecular weight is 348 g/mol. The lowest BCUT2D eigenvalue weighted by Gasteiger charge is -2.41. The Morgan fingerprint density at radius 3 is 2.59 bits per heavy atom. The van der Waals surface area contributed by atoms with E-state index in [0.29, 0.717) is 12.8 Å². The molecule has 6 atom stereocenters. The Bertz CT molecular complexity index is 582. The van der Waals surface area contributed by atoms with Crippen LogP contribution in [0.5, 0.6) is 0 Å². The Labute approximate surface area is 137 Å². The Kier molecular flexibility index (Phi) is 3.65. The molecule has 22 heavy (non-hydrogen) atoms. The summed E-state index contributed by atoms with van der Waals surface area (Å²) < 4.78 is 11.4. The predicted octanol–water partition coefficient (Wildman–Crippen LogP) is 0.597. The van der Waals surface area contributed by atoms with Crippen LogP contribution < -0.4 is 5.32 Å². The molecule has 124 valence electrons. The number of nitrogens with one attached hydrogen (secondary N) is 1. The van der Waals surface area contributed by atoms with Crippen molar-refractivity contribution in [3.05, 3.63) is 0 Å². The molecule has 1 saturated heterocycles. The minimum atomic E-state index is -2.00. The molecule has 7 heteroatoms. The molecule has 0 amide bonds. The van der Waals surface area contributed by atoms with E-state index in [1.807, 2.05) is 0 Å². The molecule has 2 N–H and O–H groups in total. The van der Waals surface area contributed by atoms with Gasteiger partial charge in [0.05, 0.1) is 11.5 Å². The summed E-state index contributed by atoms with van der Waals surface area (Å²) in [5.41, 5.74) is -1.41. The van der Waals surface area contributed by atoms with Gasteiger partial charge in [0.25, 0.3) is 0 Å². The summed E-state index contributed by atoms with van der Waals surface area (Å²) in [6, 6.07) is 0. The van der Waals surface area contributed by atoms with Gasteiger partial charge in [-0.2, -0.15) is 0 Å². The number of halogens is 1. The smallest absolute Gasteiger partial charge is 0.228 e. The highest BCUT2D eigenvalue weighted by molar-refractivity contribution is 8.03. The number of carbonyl (C=O) groups is 2. The van der Waals surface area contributed by atoms with E-state index in [0.717, 1.165) is 0 Å². The molecule has 0 aromatic heterocycles. The van der Waals surface area contributed by atoms with Gasteiger partial charge in [0.1, 0.15) is 15.5 Å². The van der Waals surface area contributed by atoms with Crippen molar-refractivity contribution in [1.82, 2.24) is 5.32 Å². The van der Waals surface area contributed by atoms with E-state index in [4.69, 9.17) is 11.6 Å². The topological polar surface area (TPSA) is 83.5 Å². The summed E-state index contributed by atoms with van der Waals surface area (Å²) in [4.78, 5) is 25.6. The number of aliphatic hydroxyl groups is 1. The van der Waals surface area contributed by atoms with E-state index < -0.39 is 43.6 Å². The van der Waals surface area contributed by atoms with Crippen LogP contribution >= 0.6 is 11.6 Å². The molecule has 5 nitrogen and oxygen atoms in total. The van der Waals surface area contributed by atoms with Gasteiger partial charge >= 0.3 is 0 Å². The maximum absolute atomic E-state index is 12.9. The lowest BCUT2D eigenvalue weighted by atomic mass is 9.77. The Hall–Kier alpha value is -0.300. The average Bonchev–Trinajstić information content (AvgIpc) is 3.03. The van der Waals surface area contributed by atoms with Gasteiger partial charge in [-0.3, -0.25) is 13.8 Å². The lowest BCUT2D eigenvalue weighted by molar-refractivity contribution is -0.128. The zero-order valence-corrected chi connectivity index (χ0v) is 14.6. The zero-order valence-electron chi connectivity index (χ0n) is 13.0. The van der Waals surface area contributed by atoms with Crippen molar-refractivity contribution >= 4 is 33.3 Å². The van der Waals surface area contributed by atoms with Crippen LogP contribution in [-0.2, 0) is 20.4 Å². The van der Waals surface area contributed by atoms with E-state index in [1.165, 1.54) is 0 Å².